The first kappa shape index (κ1) is 15.9. The molecule has 21 heavy (non-hydrogen) atoms. The van der Waals surface area contributed by atoms with Gasteiger partial charge in [-0.15, -0.1) is 0 Å². The smallest absolute Gasteiger partial charge is 0.122 e. The molecule has 0 amide bonds. The molecule has 2 rings (SSSR count). The molecule has 0 unspecified atom stereocenters. The highest BCUT2D eigenvalue weighted by Gasteiger charge is 2.22. The van der Waals surface area contributed by atoms with Gasteiger partial charge in [0.2, 0.25) is 0 Å². The van der Waals surface area contributed by atoms with E-state index in [0.29, 0.717) is 0 Å². The summed E-state index contributed by atoms with van der Waals surface area (Å²) in [5, 5.41) is 17.4. The summed E-state index contributed by atoms with van der Waals surface area (Å²) in [6, 6.07) is 7.89. The molecule has 1 fully saturated rings. The lowest BCUT2D eigenvalue weighted by Gasteiger charge is -2.37. The lowest BCUT2D eigenvalue weighted by Crippen LogP contribution is -2.50. The molecule has 5 heteroatoms. The van der Waals surface area contributed by atoms with E-state index in [-0.39, 0.29) is 5.84 Å². The van der Waals surface area contributed by atoms with Gasteiger partial charge in [0.05, 0.1) is 5.60 Å². The van der Waals surface area contributed by atoms with E-state index in [1.807, 2.05) is 32.0 Å². The first-order chi connectivity index (χ1) is 9.83. The molecule has 0 atom stereocenters. The normalized spacial score (nSPS) is 17.9. The van der Waals surface area contributed by atoms with E-state index in [4.69, 9.17) is 11.1 Å². The van der Waals surface area contributed by atoms with Crippen molar-refractivity contribution >= 4 is 5.84 Å². The molecule has 0 saturated carbocycles. The molecule has 1 aliphatic heterocycles. The number of nitrogens with two attached hydrogens (primary N) is 1. The summed E-state index contributed by atoms with van der Waals surface area (Å²) in [4.78, 5) is 4.71. The number of nitrogens with one attached hydrogen (secondary N) is 1. The van der Waals surface area contributed by atoms with E-state index >= 15 is 0 Å². The largest absolute Gasteiger partial charge is 0.389 e. The highest BCUT2D eigenvalue weighted by Crippen LogP contribution is 2.12. The van der Waals surface area contributed by atoms with Crippen molar-refractivity contribution in [2.24, 2.45) is 5.73 Å². The third-order valence-corrected chi connectivity index (χ3v) is 3.72. The number of piperazine rings is 1. The van der Waals surface area contributed by atoms with Crippen LogP contribution in [0.5, 0.6) is 0 Å². The number of aliphatic hydroxyl groups is 1. The molecule has 0 aliphatic carbocycles. The average Bonchev–Trinajstić information content (AvgIpc) is 2.40. The second kappa shape index (κ2) is 6.56. The van der Waals surface area contributed by atoms with Crippen molar-refractivity contribution in [3.05, 3.63) is 35.4 Å². The zero-order chi connectivity index (χ0) is 15.5. The number of β-amino-alcohol motifs (C(OH)–C–C–N with tert-alkyl or cyclic N) is 1. The van der Waals surface area contributed by atoms with Crippen LogP contribution in [0.2, 0.25) is 0 Å². The molecule has 5 nitrogen and oxygen atoms in total. The van der Waals surface area contributed by atoms with E-state index in [9.17, 15) is 5.11 Å². The fourth-order valence-electron chi connectivity index (χ4n) is 2.75. The molecule has 0 bridgehead atoms. The van der Waals surface area contributed by atoms with Crippen molar-refractivity contribution < 1.29 is 5.11 Å². The molecule has 0 spiro atoms. The topological polar surface area (TPSA) is 76.6 Å². The molecule has 0 aromatic heterocycles. The number of nitrogen functional groups attached to an aromatic ring is 1. The van der Waals surface area contributed by atoms with Crippen molar-refractivity contribution in [3.63, 3.8) is 0 Å². The number of hydrogen-bond acceptors (Lipinski definition) is 4. The van der Waals surface area contributed by atoms with Gasteiger partial charge in [0, 0.05) is 44.8 Å². The van der Waals surface area contributed by atoms with Gasteiger partial charge in [-0.2, -0.15) is 0 Å². The van der Waals surface area contributed by atoms with Crippen molar-refractivity contribution in [2.75, 3.05) is 32.7 Å². The van der Waals surface area contributed by atoms with Crippen LogP contribution in [-0.4, -0.2) is 59.1 Å². The summed E-state index contributed by atoms with van der Waals surface area (Å²) in [5.41, 5.74) is 6.88. The molecule has 1 heterocycles. The lowest BCUT2D eigenvalue weighted by atomic mass is 10.1. The Morgan fingerprint density at radius 2 is 1.86 bits per heavy atom. The van der Waals surface area contributed by atoms with Gasteiger partial charge < -0.3 is 10.8 Å². The Bertz CT molecular complexity index is 487. The summed E-state index contributed by atoms with van der Waals surface area (Å²) < 4.78 is 0. The first-order valence-corrected chi connectivity index (χ1v) is 7.44. The van der Waals surface area contributed by atoms with Crippen molar-refractivity contribution in [2.45, 2.75) is 26.0 Å². The fraction of sp³-hybridized carbons (Fsp3) is 0.562. The maximum atomic E-state index is 9.87. The fourth-order valence-corrected chi connectivity index (χ4v) is 2.75. The van der Waals surface area contributed by atoms with Crippen LogP contribution in [0.15, 0.2) is 24.3 Å². The number of rotatable bonds is 5. The first-order valence-electron chi connectivity index (χ1n) is 7.44. The molecular formula is C16H26N4O. The minimum absolute atomic E-state index is 0.117. The standard InChI is InChI=1S/C16H26N4O/c1-16(2,21)12-20-8-6-19(7-9-20)11-13-4-3-5-14(10-13)15(17)18/h3-5,10,21H,6-9,11-12H2,1-2H3,(H3,17,18). The maximum Gasteiger partial charge on any atom is 0.122 e. The van der Waals surface area contributed by atoms with Gasteiger partial charge in [0.25, 0.3) is 0 Å². The van der Waals surface area contributed by atoms with E-state index < -0.39 is 5.60 Å². The second-order valence-electron chi connectivity index (χ2n) is 6.48. The summed E-state index contributed by atoms with van der Waals surface area (Å²) in [6.45, 7) is 9.28. The third-order valence-electron chi connectivity index (χ3n) is 3.72. The Morgan fingerprint density at radius 3 is 2.43 bits per heavy atom. The Kier molecular flexibility index (Phi) is 4.98. The van der Waals surface area contributed by atoms with Gasteiger partial charge >= 0.3 is 0 Å². The Labute approximate surface area is 126 Å². The molecule has 1 aromatic carbocycles. The van der Waals surface area contributed by atoms with Crippen LogP contribution in [0.4, 0.5) is 0 Å². The highest BCUT2D eigenvalue weighted by molar-refractivity contribution is 5.95. The Hall–Kier alpha value is -1.43. The van der Waals surface area contributed by atoms with Crippen molar-refractivity contribution in [3.8, 4) is 0 Å². The monoisotopic (exact) mass is 290 g/mol. The molecule has 116 valence electrons. The quantitative estimate of drug-likeness (QED) is 0.555. The van der Waals surface area contributed by atoms with Crippen LogP contribution in [-0.2, 0) is 6.54 Å². The van der Waals surface area contributed by atoms with Crippen molar-refractivity contribution in [1.82, 2.24) is 9.80 Å². The summed E-state index contributed by atoms with van der Waals surface area (Å²) >= 11 is 0. The second-order valence-corrected chi connectivity index (χ2v) is 6.48. The predicted molar refractivity (Wildman–Crippen MR) is 85.5 cm³/mol. The highest BCUT2D eigenvalue weighted by atomic mass is 16.3. The maximum absolute atomic E-state index is 9.87. The number of amidine groups is 1. The molecule has 4 N–H and O–H groups in total. The van der Waals surface area contributed by atoms with Gasteiger partial charge in [-0.3, -0.25) is 15.2 Å². The Balaban J connectivity index is 1.86. The van der Waals surface area contributed by atoms with E-state index in [1.54, 1.807) is 0 Å². The van der Waals surface area contributed by atoms with Gasteiger partial charge in [-0.1, -0.05) is 18.2 Å². The predicted octanol–water partition coefficient (Wildman–Crippen LogP) is 0.859. The van der Waals surface area contributed by atoms with Gasteiger partial charge in [0.15, 0.2) is 0 Å². The minimum Gasteiger partial charge on any atom is -0.389 e. The molecule has 1 aromatic rings. The Morgan fingerprint density at radius 1 is 1.24 bits per heavy atom. The van der Waals surface area contributed by atoms with Crippen LogP contribution >= 0.6 is 0 Å². The van der Waals surface area contributed by atoms with Crippen LogP contribution < -0.4 is 5.73 Å². The molecular weight excluding hydrogens is 264 g/mol. The molecule has 1 saturated heterocycles. The molecule has 1 aliphatic rings. The zero-order valence-electron chi connectivity index (χ0n) is 13.0. The SMILES string of the molecule is CC(C)(O)CN1CCN(Cc2cccc(C(=N)N)c2)CC1. The number of hydrogen-bond donors (Lipinski definition) is 3. The average molecular weight is 290 g/mol. The van der Waals surface area contributed by atoms with Crippen LogP contribution in [0.3, 0.4) is 0 Å². The van der Waals surface area contributed by atoms with Crippen LogP contribution in [0, 0.1) is 5.41 Å². The van der Waals surface area contributed by atoms with Gasteiger partial charge in [-0.05, 0) is 25.5 Å². The molecule has 0 radical (unpaired) electrons. The number of nitrogens with zero attached hydrogens (tertiary/aromatic N) is 2. The zero-order valence-corrected chi connectivity index (χ0v) is 13.0. The van der Waals surface area contributed by atoms with Crippen LogP contribution in [0.25, 0.3) is 0 Å². The van der Waals surface area contributed by atoms with Crippen molar-refractivity contribution in [1.29, 1.82) is 5.41 Å². The van der Waals surface area contributed by atoms with Crippen LogP contribution in [0.1, 0.15) is 25.0 Å². The minimum atomic E-state index is -0.627. The van der Waals surface area contributed by atoms with E-state index in [1.165, 1.54) is 5.56 Å². The number of benzene rings is 1. The lowest BCUT2D eigenvalue weighted by molar-refractivity contribution is 0.0167. The van der Waals surface area contributed by atoms with Gasteiger partial charge in [0.1, 0.15) is 5.84 Å². The third kappa shape index (κ3) is 5.12. The summed E-state index contributed by atoms with van der Waals surface area (Å²) in [6.07, 6.45) is 0. The summed E-state index contributed by atoms with van der Waals surface area (Å²) in [7, 11) is 0. The van der Waals surface area contributed by atoms with E-state index in [0.717, 1.165) is 44.8 Å². The van der Waals surface area contributed by atoms with Gasteiger partial charge in [-0.25, -0.2) is 0 Å². The summed E-state index contributed by atoms with van der Waals surface area (Å²) in [5.74, 6) is 0.117. The van der Waals surface area contributed by atoms with E-state index in [2.05, 4.69) is 15.9 Å².